The highest BCUT2D eigenvalue weighted by Crippen LogP contribution is 2.21. The monoisotopic (exact) mass is 263 g/mol. The van der Waals surface area contributed by atoms with Gasteiger partial charge in [-0.15, -0.1) is 0 Å². The molecule has 0 aliphatic carbocycles. The van der Waals surface area contributed by atoms with E-state index >= 15 is 0 Å². The van der Waals surface area contributed by atoms with Crippen molar-refractivity contribution in [3.63, 3.8) is 0 Å². The van der Waals surface area contributed by atoms with Crippen LogP contribution in [0.1, 0.15) is 44.7 Å². The summed E-state index contributed by atoms with van der Waals surface area (Å²) >= 11 is 0. The highest BCUT2D eigenvalue weighted by atomic mass is 16.7. The molecule has 1 fully saturated rings. The van der Waals surface area contributed by atoms with E-state index in [0.29, 0.717) is 12.5 Å². The Morgan fingerprint density at radius 3 is 2.47 bits per heavy atom. The molecule has 1 aliphatic rings. The summed E-state index contributed by atoms with van der Waals surface area (Å²) in [6, 6.07) is 8.80. The fourth-order valence-electron chi connectivity index (χ4n) is 2.26. The van der Waals surface area contributed by atoms with Gasteiger partial charge in [-0.3, -0.25) is 0 Å². The molecule has 0 radical (unpaired) electrons. The molecular formula is C16H25NO2. The van der Waals surface area contributed by atoms with Gasteiger partial charge in [0.05, 0.1) is 12.7 Å². The first-order valence-electron chi connectivity index (χ1n) is 7.07. The first-order chi connectivity index (χ1) is 8.96. The van der Waals surface area contributed by atoms with Gasteiger partial charge in [0.1, 0.15) is 0 Å². The van der Waals surface area contributed by atoms with E-state index in [1.807, 2.05) is 13.8 Å². The average molecular weight is 263 g/mol. The summed E-state index contributed by atoms with van der Waals surface area (Å²) in [5, 5.41) is 3.43. The Morgan fingerprint density at radius 1 is 1.26 bits per heavy atom. The van der Waals surface area contributed by atoms with Crippen molar-refractivity contribution < 1.29 is 9.47 Å². The second kappa shape index (κ2) is 6.04. The van der Waals surface area contributed by atoms with Gasteiger partial charge < -0.3 is 14.8 Å². The topological polar surface area (TPSA) is 30.5 Å². The lowest BCUT2D eigenvalue weighted by Crippen LogP contribution is -2.30. The van der Waals surface area contributed by atoms with Crippen molar-refractivity contribution >= 4 is 0 Å². The van der Waals surface area contributed by atoms with Crippen LogP contribution < -0.4 is 5.32 Å². The minimum Gasteiger partial charge on any atom is -0.348 e. The zero-order valence-electron chi connectivity index (χ0n) is 12.4. The summed E-state index contributed by atoms with van der Waals surface area (Å²) < 4.78 is 11.3. The summed E-state index contributed by atoms with van der Waals surface area (Å²) in [4.78, 5) is 0. The van der Waals surface area contributed by atoms with Crippen LogP contribution in [0.3, 0.4) is 0 Å². The van der Waals surface area contributed by atoms with Crippen molar-refractivity contribution in [3.8, 4) is 0 Å². The second-order valence-corrected chi connectivity index (χ2v) is 5.98. The minimum atomic E-state index is -0.425. The first-order valence-corrected chi connectivity index (χ1v) is 7.07. The summed E-state index contributed by atoms with van der Waals surface area (Å²) in [5.41, 5.74) is 2.70. The molecule has 1 aromatic carbocycles. The zero-order valence-corrected chi connectivity index (χ0v) is 12.4. The quantitative estimate of drug-likeness (QED) is 0.885. The maximum atomic E-state index is 5.75. The van der Waals surface area contributed by atoms with Crippen LogP contribution in [0.2, 0.25) is 0 Å². The van der Waals surface area contributed by atoms with Gasteiger partial charge in [-0.1, -0.05) is 38.1 Å². The molecule has 0 spiro atoms. The van der Waals surface area contributed by atoms with Gasteiger partial charge in [0.25, 0.3) is 0 Å². The number of hydrogen-bond donors (Lipinski definition) is 1. The molecule has 106 valence electrons. The Bertz CT molecular complexity index is 398. The Balaban J connectivity index is 1.74. The molecule has 1 unspecified atom stereocenters. The van der Waals surface area contributed by atoms with E-state index in [-0.39, 0.29) is 6.10 Å². The van der Waals surface area contributed by atoms with Crippen molar-refractivity contribution in [1.29, 1.82) is 0 Å². The van der Waals surface area contributed by atoms with E-state index in [1.54, 1.807) is 0 Å². The molecule has 1 heterocycles. The van der Waals surface area contributed by atoms with Crippen LogP contribution >= 0.6 is 0 Å². The van der Waals surface area contributed by atoms with E-state index in [4.69, 9.17) is 9.47 Å². The van der Waals surface area contributed by atoms with Crippen LogP contribution in [0.5, 0.6) is 0 Å². The number of rotatable bonds is 5. The van der Waals surface area contributed by atoms with Crippen LogP contribution in [-0.2, 0) is 16.0 Å². The average Bonchev–Trinajstić information content (AvgIpc) is 2.69. The van der Waals surface area contributed by atoms with Gasteiger partial charge >= 0.3 is 0 Å². The van der Waals surface area contributed by atoms with Crippen LogP contribution in [0.4, 0.5) is 0 Å². The van der Waals surface area contributed by atoms with Crippen molar-refractivity contribution in [2.45, 2.75) is 52.0 Å². The standard InChI is InChI=1S/C16H25NO2/c1-12(2)14-7-5-13(6-8-14)9-17-10-15-11-18-16(3,4)19-15/h5-8,12,15,17H,9-11H2,1-4H3. The lowest BCUT2D eigenvalue weighted by Gasteiger charge is -2.17. The number of nitrogens with one attached hydrogen (secondary N) is 1. The predicted octanol–water partition coefficient (Wildman–Crippen LogP) is 3.05. The van der Waals surface area contributed by atoms with Crippen molar-refractivity contribution in [2.75, 3.05) is 13.2 Å². The highest BCUT2D eigenvalue weighted by Gasteiger charge is 2.32. The van der Waals surface area contributed by atoms with Gasteiger partial charge in [0.2, 0.25) is 0 Å². The van der Waals surface area contributed by atoms with E-state index in [0.717, 1.165) is 13.1 Å². The molecule has 1 aliphatic heterocycles. The predicted molar refractivity (Wildman–Crippen MR) is 77.1 cm³/mol. The van der Waals surface area contributed by atoms with Gasteiger partial charge in [-0.05, 0) is 30.9 Å². The van der Waals surface area contributed by atoms with Crippen molar-refractivity contribution in [2.24, 2.45) is 0 Å². The van der Waals surface area contributed by atoms with E-state index < -0.39 is 5.79 Å². The maximum Gasteiger partial charge on any atom is 0.163 e. The Hall–Kier alpha value is -0.900. The molecule has 3 heteroatoms. The third-order valence-corrected chi connectivity index (χ3v) is 3.41. The summed E-state index contributed by atoms with van der Waals surface area (Å²) in [7, 11) is 0. The molecule has 0 amide bonds. The summed E-state index contributed by atoms with van der Waals surface area (Å²) in [6.07, 6.45) is 0.157. The molecule has 0 bridgehead atoms. The SMILES string of the molecule is CC(C)c1ccc(CNCC2COC(C)(C)O2)cc1. The Morgan fingerprint density at radius 2 is 1.95 bits per heavy atom. The first kappa shape index (κ1) is 14.5. The second-order valence-electron chi connectivity index (χ2n) is 5.98. The highest BCUT2D eigenvalue weighted by molar-refractivity contribution is 5.24. The number of benzene rings is 1. The van der Waals surface area contributed by atoms with Gasteiger partial charge in [0.15, 0.2) is 5.79 Å². The molecule has 0 saturated carbocycles. The third kappa shape index (κ3) is 4.30. The summed E-state index contributed by atoms with van der Waals surface area (Å²) in [6.45, 7) is 10.7. The number of hydrogen-bond acceptors (Lipinski definition) is 3. The van der Waals surface area contributed by atoms with E-state index in [1.165, 1.54) is 11.1 Å². The molecule has 19 heavy (non-hydrogen) atoms. The molecule has 1 N–H and O–H groups in total. The van der Waals surface area contributed by atoms with Gasteiger partial charge in [0, 0.05) is 13.1 Å². The molecule has 1 saturated heterocycles. The largest absolute Gasteiger partial charge is 0.348 e. The Kier molecular flexibility index (Phi) is 4.61. The van der Waals surface area contributed by atoms with Crippen molar-refractivity contribution in [1.82, 2.24) is 5.32 Å². The van der Waals surface area contributed by atoms with E-state index in [2.05, 4.69) is 43.4 Å². The fourth-order valence-corrected chi connectivity index (χ4v) is 2.26. The lowest BCUT2D eigenvalue weighted by molar-refractivity contribution is -0.137. The van der Waals surface area contributed by atoms with E-state index in [9.17, 15) is 0 Å². The van der Waals surface area contributed by atoms with Gasteiger partial charge in [-0.25, -0.2) is 0 Å². The summed E-state index contributed by atoms with van der Waals surface area (Å²) in [5.74, 6) is 0.166. The van der Waals surface area contributed by atoms with Crippen LogP contribution in [-0.4, -0.2) is 25.0 Å². The smallest absolute Gasteiger partial charge is 0.163 e. The van der Waals surface area contributed by atoms with Gasteiger partial charge in [-0.2, -0.15) is 0 Å². The Labute approximate surface area is 116 Å². The lowest BCUT2D eigenvalue weighted by atomic mass is 10.0. The normalized spacial score (nSPS) is 22.1. The van der Waals surface area contributed by atoms with Crippen LogP contribution in [0, 0.1) is 0 Å². The fraction of sp³-hybridized carbons (Fsp3) is 0.625. The van der Waals surface area contributed by atoms with Crippen LogP contribution in [0.15, 0.2) is 24.3 Å². The maximum absolute atomic E-state index is 5.75. The molecule has 0 aromatic heterocycles. The molecular weight excluding hydrogens is 238 g/mol. The number of ether oxygens (including phenoxy) is 2. The van der Waals surface area contributed by atoms with Crippen LogP contribution in [0.25, 0.3) is 0 Å². The molecule has 1 aromatic rings. The third-order valence-electron chi connectivity index (χ3n) is 3.41. The molecule has 1 atom stereocenters. The molecule has 2 rings (SSSR count). The van der Waals surface area contributed by atoms with Crippen molar-refractivity contribution in [3.05, 3.63) is 35.4 Å². The zero-order chi connectivity index (χ0) is 13.9. The molecule has 3 nitrogen and oxygen atoms in total. The minimum absolute atomic E-state index is 0.157.